The predicted molar refractivity (Wildman–Crippen MR) is 102 cm³/mol. The van der Waals surface area contributed by atoms with Gasteiger partial charge in [0.25, 0.3) is 0 Å². The summed E-state index contributed by atoms with van der Waals surface area (Å²) in [6, 6.07) is 12.7. The highest BCUT2D eigenvalue weighted by Crippen LogP contribution is 2.25. The summed E-state index contributed by atoms with van der Waals surface area (Å²) < 4.78 is 5.21. The molecule has 3 rings (SSSR count). The number of carbonyl (C=O) groups excluding carboxylic acids is 2. The summed E-state index contributed by atoms with van der Waals surface area (Å²) in [6.07, 6.45) is 0.275. The van der Waals surface area contributed by atoms with Gasteiger partial charge in [-0.1, -0.05) is 23.8 Å². The number of ether oxygens (including phenoxy) is 1. The first-order chi connectivity index (χ1) is 12.5. The van der Waals surface area contributed by atoms with Crippen LogP contribution in [-0.4, -0.2) is 31.6 Å². The van der Waals surface area contributed by atoms with Gasteiger partial charge >= 0.3 is 6.03 Å². The third kappa shape index (κ3) is 3.96. The zero-order valence-electron chi connectivity index (χ0n) is 15.2. The van der Waals surface area contributed by atoms with E-state index in [9.17, 15) is 9.59 Å². The number of nitrogens with zero attached hydrogens (tertiary/aromatic N) is 1. The number of hydrogen-bond acceptors (Lipinski definition) is 3. The molecule has 0 aromatic heterocycles. The van der Waals surface area contributed by atoms with Crippen molar-refractivity contribution in [1.29, 1.82) is 0 Å². The Kier molecular flexibility index (Phi) is 5.11. The number of rotatable bonds is 4. The SMILES string of the molecule is COc1cccc(N2C[C@@H](NC(=O)Nc3ccc(C)cc3C)CC2=O)c1. The van der Waals surface area contributed by atoms with Crippen LogP contribution in [0.4, 0.5) is 16.2 Å². The third-order valence-electron chi connectivity index (χ3n) is 4.46. The predicted octanol–water partition coefficient (Wildman–Crippen LogP) is 3.24. The van der Waals surface area contributed by atoms with Crippen LogP contribution in [-0.2, 0) is 4.79 Å². The van der Waals surface area contributed by atoms with E-state index in [2.05, 4.69) is 10.6 Å². The molecule has 0 radical (unpaired) electrons. The summed E-state index contributed by atoms with van der Waals surface area (Å²) in [7, 11) is 1.59. The molecule has 0 bridgehead atoms. The van der Waals surface area contributed by atoms with Crippen LogP contribution in [0.1, 0.15) is 17.5 Å². The molecule has 3 amide bonds. The Hall–Kier alpha value is -3.02. The van der Waals surface area contributed by atoms with Crippen molar-refractivity contribution in [3.05, 3.63) is 53.6 Å². The Balaban J connectivity index is 1.62. The molecule has 1 heterocycles. The van der Waals surface area contributed by atoms with Crippen LogP contribution in [0, 0.1) is 13.8 Å². The van der Waals surface area contributed by atoms with Crippen molar-refractivity contribution in [2.75, 3.05) is 23.9 Å². The Bertz CT molecular complexity index is 835. The molecule has 6 nitrogen and oxygen atoms in total. The van der Waals surface area contributed by atoms with E-state index in [0.29, 0.717) is 12.3 Å². The van der Waals surface area contributed by atoms with E-state index in [1.54, 1.807) is 12.0 Å². The first kappa shape index (κ1) is 17.8. The van der Waals surface area contributed by atoms with Gasteiger partial charge in [0.15, 0.2) is 0 Å². The van der Waals surface area contributed by atoms with Crippen LogP contribution in [0.15, 0.2) is 42.5 Å². The summed E-state index contributed by atoms with van der Waals surface area (Å²) in [6.45, 7) is 4.40. The first-order valence-electron chi connectivity index (χ1n) is 8.55. The minimum atomic E-state index is -0.303. The minimum Gasteiger partial charge on any atom is -0.497 e. The molecular formula is C20H23N3O3. The molecule has 2 aromatic rings. The molecule has 1 saturated heterocycles. The highest BCUT2D eigenvalue weighted by atomic mass is 16.5. The van der Waals surface area contributed by atoms with Gasteiger partial charge in [0, 0.05) is 30.4 Å². The van der Waals surface area contributed by atoms with Crippen molar-refractivity contribution in [1.82, 2.24) is 5.32 Å². The number of benzene rings is 2. The normalized spacial score (nSPS) is 16.5. The Morgan fingerprint density at radius 1 is 1.19 bits per heavy atom. The quantitative estimate of drug-likeness (QED) is 0.886. The Morgan fingerprint density at radius 2 is 2.00 bits per heavy atom. The average molecular weight is 353 g/mol. The third-order valence-corrected chi connectivity index (χ3v) is 4.46. The second-order valence-corrected chi connectivity index (χ2v) is 6.52. The summed E-state index contributed by atoms with van der Waals surface area (Å²) in [5, 5.41) is 5.74. The molecule has 0 saturated carbocycles. The molecule has 1 aliphatic heterocycles. The van der Waals surface area contributed by atoms with Gasteiger partial charge in [-0.3, -0.25) is 4.79 Å². The Labute approximate surface area is 153 Å². The maximum absolute atomic E-state index is 12.3. The average Bonchev–Trinajstić information content (AvgIpc) is 2.97. The van der Waals surface area contributed by atoms with E-state index in [4.69, 9.17) is 4.74 Å². The first-order valence-corrected chi connectivity index (χ1v) is 8.55. The van der Waals surface area contributed by atoms with Gasteiger partial charge < -0.3 is 20.3 Å². The minimum absolute atomic E-state index is 0.0185. The topological polar surface area (TPSA) is 70.7 Å². The second kappa shape index (κ2) is 7.47. The number of hydrogen-bond donors (Lipinski definition) is 2. The number of amides is 3. The smallest absolute Gasteiger partial charge is 0.319 e. The lowest BCUT2D eigenvalue weighted by Gasteiger charge is -2.18. The number of carbonyl (C=O) groups is 2. The zero-order chi connectivity index (χ0) is 18.7. The van der Waals surface area contributed by atoms with Crippen LogP contribution < -0.4 is 20.3 Å². The van der Waals surface area contributed by atoms with E-state index in [1.807, 2.05) is 56.3 Å². The van der Waals surface area contributed by atoms with E-state index < -0.39 is 0 Å². The maximum atomic E-state index is 12.3. The fourth-order valence-corrected chi connectivity index (χ4v) is 3.13. The van der Waals surface area contributed by atoms with Crippen molar-refractivity contribution in [3.8, 4) is 5.75 Å². The summed E-state index contributed by atoms with van der Waals surface area (Å²) in [4.78, 5) is 26.3. The molecule has 2 N–H and O–H groups in total. The lowest BCUT2D eigenvalue weighted by molar-refractivity contribution is -0.117. The molecule has 1 aliphatic rings. The summed E-state index contributed by atoms with van der Waals surface area (Å²) in [5.41, 5.74) is 3.68. The van der Waals surface area contributed by atoms with Crippen LogP contribution in [0.5, 0.6) is 5.75 Å². The van der Waals surface area contributed by atoms with Gasteiger partial charge in [0.2, 0.25) is 5.91 Å². The maximum Gasteiger partial charge on any atom is 0.319 e. The molecule has 2 aromatic carbocycles. The van der Waals surface area contributed by atoms with E-state index in [-0.39, 0.29) is 24.4 Å². The largest absolute Gasteiger partial charge is 0.497 e. The van der Waals surface area contributed by atoms with Gasteiger partial charge in [-0.05, 0) is 37.6 Å². The number of urea groups is 1. The number of aryl methyl sites for hydroxylation is 2. The second-order valence-electron chi connectivity index (χ2n) is 6.52. The lowest BCUT2D eigenvalue weighted by atomic mass is 10.1. The van der Waals surface area contributed by atoms with E-state index in [0.717, 1.165) is 22.5 Å². The molecule has 136 valence electrons. The van der Waals surface area contributed by atoms with Gasteiger partial charge in [-0.2, -0.15) is 0 Å². The highest BCUT2D eigenvalue weighted by molar-refractivity contribution is 5.98. The summed E-state index contributed by atoms with van der Waals surface area (Å²) >= 11 is 0. The van der Waals surface area contributed by atoms with Crippen LogP contribution >= 0.6 is 0 Å². The molecule has 1 atom stereocenters. The van der Waals surface area contributed by atoms with E-state index in [1.165, 1.54) is 0 Å². The molecule has 0 aliphatic carbocycles. The standard InChI is InChI=1S/C20H23N3O3/c1-13-7-8-18(14(2)9-13)22-20(25)21-15-10-19(24)23(12-15)16-5-4-6-17(11-16)26-3/h4-9,11,15H,10,12H2,1-3H3,(H2,21,22,25)/t15-/m0/s1. The molecule has 0 spiro atoms. The van der Waals surface area contributed by atoms with Crippen molar-refractivity contribution >= 4 is 23.3 Å². The van der Waals surface area contributed by atoms with Crippen molar-refractivity contribution in [2.45, 2.75) is 26.3 Å². The molecule has 6 heteroatoms. The zero-order valence-corrected chi connectivity index (χ0v) is 15.2. The van der Waals surface area contributed by atoms with Crippen LogP contribution in [0.2, 0.25) is 0 Å². The van der Waals surface area contributed by atoms with Gasteiger partial charge in [0.1, 0.15) is 5.75 Å². The molecule has 1 fully saturated rings. The number of nitrogens with one attached hydrogen (secondary N) is 2. The molecule has 0 unspecified atom stereocenters. The number of methoxy groups -OCH3 is 1. The monoisotopic (exact) mass is 353 g/mol. The van der Waals surface area contributed by atoms with Crippen molar-refractivity contribution < 1.29 is 14.3 Å². The Morgan fingerprint density at radius 3 is 2.73 bits per heavy atom. The summed E-state index contributed by atoms with van der Waals surface area (Å²) in [5.74, 6) is 0.675. The fraction of sp³-hybridized carbons (Fsp3) is 0.300. The number of anilines is 2. The van der Waals surface area contributed by atoms with Gasteiger partial charge in [-0.15, -0.1) is 0 Å². The molecular weight excluding hydrogens is 330 g/mol. The highest BCUT2D eigenvalue weighted by Gasteiger charge is 2.31. The fourth-order valence-electron chi connectivity index (χ4n) is 3.13. The van der Waals surface area contributed by atoms with Crippen molar-refractivity contribution in [3.63, 3.8) is 0 Å². The van der Waals surface area contributed by atoms with Gasteiger partial charge in [0.05, 0.1) is 13.2 Å². The lowest BCUT2D eigenvalue weighted by Crippen LogP contribution is -2.39. The molecule has 26 heavy (non-hydrogen) atoms. The van der Waals surface area contributed by atoms with E-state index >= 15 is 0 Å². The van der Waals surface area contributed by atoms with Crippen LogP contribution in [0.3, 0.4) is 0 Å². The van der Waals surface area contributed by atoms with Crippen LogP contribution in [0.25, 0.3) is 0 Å². The van der Waals surface area contributed by atoms with Gasteiger partial charge in [-0.25, -0.2) is 4.79 Å². The van der Waals surface area contributed by atoms with Crippen molar-refractivity contribution in [2.24, 2.45) is 0 Å².